The van der Waals surface area contributed by atoms with Crippen molar-refractivity contribution in [1.82, 2.24) is 10.2 Å². The van der Waals surface area contributed by atoms with Crippen molar-refractivity contribution >= 4 is 23.4 Å². The highest BCUT2D eigenvalue weighted by Crippen LogP contribution is 2.18. The third kappa shape index (κ3) is 3.23. The molecule has 0 saturated heterocycles. The Balaban J connectivity index is 2.65. The standard InChI is InChI=1S/C11H15ClN2O3/c1-7(10(15)13-2)6-14(3)11(16)8-4-5-17-9(8)12/h4-5,7H,6H2,1-3H3,(H,13,15). The topological polar surface area (TPSA) is 62.6 Å². The van der Waals surface area contributed by atoms with Crippen LogP contribution in [0.4, 0.5) is 0 Å². The summed E-state index contributed by atoms with van der Waals surface area (Å²) in [7, 11) is 3.18. The predicted molar refractivity (Wildman–Crippen MR) is 63.9 cm³/mol. The highest BCUT2D eigenvalue weighted by Gasteiger charge is 2.21. The van der Waals surface area contributed by atoms with Crippen molar-refractivity contribution in [3.63, 3.8) is 0 Å². The van der Waals surface area contributed by atoms with Gasteiger partial charge in [-0.25, -0.2) is 0 Å². The average Bonchev–Trinajstić information content (AvgIpc) is 2.73. The van der Waals surface area contributed by atoms with Crippen LogP contribution in [0.2, 0.25) is 5.22 Å². The molecule has 0 aliphatic carbocycles. The Bertz CT molecular complexity index is 417. The number of nitrogens with zero attached hydrogens (tertiary/aromatic N) is 1. The lowest BCUT2D eigenvalue weighted by atomic mass is 10.1. The Morgan fingerprint density at radius 3 is 2.71 bits per heavy atom. The van der Waals surface area contributed by atoms with E-state index in [-0.39, 0.29) is 23.0 Å². The van der Waals surface area contributed by atoms with E-state index in [4.69, 9.17) is 16.0 Å². The molecule has 0 spiro atoms. The van der Waals surface area contributed by atoms with Gasteiger partial charge < -0.3 is 14.6 Å². The van der Waals surface area contributed by atoms with Crippen molar-refractivity contribution in [3.05, 3.63) is 23.1 Å². The Morgan fingerprint density at radius 1 is 1.59 bits per heavy atom. The van der Waals surface area contributed by atoms with E-state index in [1.165, 1.54) is 17.2 Å². The highest BCUT2D eigenvalue weighted by atomic mass is 35.5. The van der Waals surface area contributed by atoms with Crippen molar-refractivity contribution < 1.29 is 14.0 Å². The molecule has 6 heteroatoms. The summed E-state index contributed by atoms with van der Waals surface area (Å²) in [6, 6.07) is 1.51. The largest absolute Gasteiger partial charge is 0.452 e. The molecule has 0 aliphatic heterocycles. The molecule has 0 aromatic carbocycles. The summed E-state index contributed by atoms with van der Waals surface area (Å²) < 4.78 is 4.85. The van der Waals surface area contributed by atoms with Gasteiger partial charge in [0, 0.05) is 20.6 Å². The molecule has 94 valence electrons. The van der Waals surface area contributed by atoms with Gasteiger partial charge >= 0.3 is 0 Å². The normalized spacial score (nSPS) is 12.0. The van der Waals surface area contributed by atoms with Crippen molar-refractivity contribution in [1.29, 1.82) is 0 Å². The van der Waals surface area contributed by atoms with Gasteiger partial charge in [0.05, 0.1) is 17.7 Å². The lowest BCUT2D eigenvalue weighted by Gasteiger charge is -2.20. The predicted octanol–water partition coefficient (Wildman–Crippen LogP) is 1.39. The Hall–Kier alpha value is -1.49. The van der Waals surface area contributed by atoms with Gasteiger partial charge in [-0.1, -0.05) is 6.92 Å². The van der Waals surface area contributed by atoms with Crippen LogP contribution in [0.3, 0.4) is 0 Å². The molecule has 0 radical (unpaired) electrons. The molecule has 5 nitrogen and oxygen atoms in total. The van der Waals surface area contributed by atoms with Gasteiger partial charge in [-0.05, 0) is 17.7 Å². The number of carbonyl (C=O) groups excluding carboxylic acids is 2. The summed E-state index contributed by atoms with van der Waals surface area (Å²) in [5, 5.41) is 2.60. The zero-order valence-electron chi connectivity index (χ0n) is 9.99. The van der Waals surface area contributed by atoms with E-state index in [0.29, 0.717) is 12.1 Å². The second-order valence-electron chi connectivity index (χ2n) is 3.81. The molecule has 1 rings (SSSR count). The Morgan fingerprint density at radius 2 is 2.24 bits per heavy atom. The number of amides is 2. The van der Waals surface area contributed by atoms with Gasteiger partial charge in [-0.3, -0.25) is 9.59 Å². The first kappa shape index (κ1) is 13.6. The lowest BCUT2D eigenvalue weighted by Crippen LogP contribution is -2.37. The van der Waals surface area contributed by atoms with Crippen LogP contribution in [0, 0.1) is 5.92 Å². The zero-order valence-corrected chi connectivity index (χ0v) is 10.7. The third-order valence-electron chi connectivity index (χ3n) is 2.44. The molecular weight excluding hydrogens is 244 g/mol. The first-order valence-electron chi connectivity index (χ1n) is 5.17. The van der Waals surface area contributed by atoms with Gasteiger partial charge in [0.2, 0.25) is 11.1 Å². The quantitative estimate of drug-likeness (QED) is 0.888. The van der Waals surface area contributed by atoms with E-state index < -0.39 is 0 Å². The van der Waals surface area contributed by atoms with Crippen LogP contribution in [0.1, 0.15) is 17.3 Å². The van der Waals surface area contributed by atoms with Gasteiger partial charge in [0.1, 0.15) is 0 Å². The van der Waals surface area contributed by atoms with E-state index in [1.54, 1.807) is 21.0 Å². The summed E-state index contributed by atoms with van der Waals surface area (Å²) in [6.07, 6.45) is 1.35. The average molecular weight is 259 g/mol. The minimum absolute atomic E-state index is 0.0643. The molecule has 17 heavy (non-hydrogen) atoms. The molecule has 1 aromatic heterocycles. The molecule has 0 aliphatic rings. The maximum Gasteiger partial charge on any atom is 0.258 e. The summed E-state index contributed by atoms with van der Waals surface area (Å²) in [5.74, 6) is -0.651. The summed E-state index contributed by atoms with van der Waals surface area (Å²) in [5.41, 5.74) is 0.304. The zero-order chi connectivity index (χ0) is 13.0. The SMILES string of the molecule is CNC(=O)C(C)CN(C)C(=O)c1ccoc1Cl. The minimum atomic E-state index is -0.278. The van der Waals surface area contributed by atoms with Crippen molar-refractivity contribution in [3.8, 4) is 0 Å². The fourth-order valence-electron chi connectivity index (χ4n) is 1.47. The van der Waals surface area contributed by atoms with E-state index >= 15 is 0 Å². The van der Waals surface area contributed by atoms with Gasteiger partial charge in [0.15, 0.2) is 0 Å². The number of halogens is 1. The Labute approximate surface area is 105 Å². The monoisotopic (exact) mass is 258 g/mol. The highest BCUT2D eigenvalue weighted by molar-refractivity contribution is 6.32. The number of nitrogens with one attached hydrogen (secondary N) is 1. The first-order chi connectivity index (χ1) is 7.97. The van der Waals surface area contributed by atoms with Crippen molar-refractivity contribution in [2.24, 2.45) is 5.92 Å². The van der Waals surface area contributed by atoms with Crippen LogP contribution < -0.4 is 5.32 Å². The maximum absolute atomic E-state index is 11.9. The number of hydrogen-bond donors (Lipinski definition) is 1. The van der Waals surface area contributed by atoms with Crippen LogP contribution in [0.5, 0.6) is 0 Å². The molecule has 0 bridgehead atoms. The first-order valence-corrected chi connectivity index (χ1v) is 5.55. The van der Waals surface area contributed by atoms with Crippen LogP contribution in [0.25, 0.3) is 0 Å². The minimum Gasteiger partial charge on any atom is -0.452 e. The van der Waals surface area contributed by atoms with E-state index in [1.807, 2.05) is 0 Å². The molecule has 1 heterocycles. The third-order valence-corrected chi connectivity index (χ3v) is 2.73. The van der Waals surface area contributed by atoms with Gasteiger partial charge in [-0.15, -0.1) is 0 Å². The van der Waals surface area contributed by atoms with Crippen LogP contribution in [-0.2, 0) is 4.79 Å². The van der Waals surface area contributed by atoms with E-state index in [0.717, 1.165) is 0 Å². The molecule has 0 fully saturated rings. The van der Waals surface area contributed by atoms with Gasteiger partial charge in [0.25, 0.3) is 5.91 Å². The number of rotatable bonds is 4. The van der Waals surface area contributed by atoms with Crippen LogP contribution >= 0.6 is 11.6 Å². The fourth-order valence-corrected chi connectivity index (χ4v) is 1.67. The second kappa shape index (κ2) is 5.72. The molecule has 2 amide bonds. The Kier molecular flexibility index (Phi) is 4.57. The van der Waals surface area contributed by atoms with Crippen molar-refractivity contribution in [2.75, 3.05) is 20.6 Å². The number of carbonyl (C=O) groups is 2. The fraction of sp³-hybridized carbons (Fsp3) is 0.455. The maximum atomic E-state index is 11.9. The number of furan rings is 1. The molecule has 1 N–H and O–H groups in total. The summed E-state index contributed by atoms with van der Waals surface area (Å²) in [4.78, 5) is 24.7. The molecule has 1 aromatic rings. The van der Waals surface area contributed by atoms with E-state index in [2.05, 4.69) is 5.32 Å². The second-order valence-corrected chi connectivity index (χ2v) is 4.15. The molecule has 1 unspecified atom stereocenters. The summed E-state index contributed by atoms with van der Waals surface area (Å²) >= 11 is 5.71. The number of hydrogen-bond acceptors (Lipinski definition) is 3. The lowest BCUT2D eigenvalue weighted by molar-refractivity contribution is -0.124. The smallest absolute Gasteiger partial charge is 0.258 e. The van der Waals surface area contributed by atoms with Crippen LogP contribution in [-0.4, -0.2) is 37.4 Å². The van der Waals surface area contributed by atoms with Crippen molar-refractivity contribution in [2.45, 2.75) is 6.92 Å². The summed E-state index contributed by atoms with van der Waals surface area (Å²) in [6.45, 7) is 2.07. The van der Waals surface area contributed by atoms with E-state index in [9.17, 15) is 9.59 Å². The van der Waals surface area contributed by atoms with Gasteiger partial charge in [-0.2, -0.15) is 0 Å². The molecule has 1 atom stereocenters. The molecule has 0 saturated carbocycles. The van der Waals surface area contributed by atoms with Crippen LogP contribution in [0.15, 0.2) is 16.7 Å². The molecular formula is C11H15ClN2O3.